The Bertz CT molecular complexity index is 216. The van der Waals surface area contributed by atoms with E-state index in [1.54, 1.807) is 0 Å². The predicted molar refractivity (Wildman–Crippen MR) is 76.9 cm³/mol. The Morgan fingerprint density at radius 3 is 2.29 bits per heavy atom. The van der Waals surface area contributed by atoms with Gasteiger partial charge in [-0.05, 0) is 61.3 Å². The van der Waals surface area contributed by atoms with Gasteiger partial charge in [0.25, 0.3) is 0 Å². The molecule has 0 spiro atoms. The molecule has 1 rings (SSSR count). The zero-order valence-electron chi connectivity index (χ0n) is 12.6. The largest absolute Gasteiger partial charge is 0.330 e. The van der Waals surface area contributed by atoms with Crippen molar-refractivity contribution in [2.75, 3.05) is 6.54 Å². The summed E-state index contributed by atoms with van der Waals surface area (Å²) in [5.74, 6) is 3.45. The van der Waals surface area contributed by atoms with Gasteiger partial charge < -0.3 is 5.73 Å². The number of rotatable bonds is 4. The molecule has 1 fully saturated rings. The third kappa shape index (κ3) is 4.28. The number of hydrogen-bond acceptors (Lipinski definition) is 1. The van der Waals surface area contributed by atoms with E-state index in [0.717, 1.165) is 30.2 Å². The molecule has 1 nitrogen and oxygen atoms in total. The molecular weight excluding hydrogens is 206 g/mol. The summed E-state index contributed by atoms with van der Waals surface area (Å²) in [7, 11) is 0. The second-order valence-corrected chi connectivity index (χ2v) is 7.38. The van der Waals surface area contributed by atoms with Crippen LogP contribution >= 0.6 is 0 Å². The Morgan fingerprint density at radius 1 is 1.18 bits per heavy atom. The molecule has 0 radical (unpaired) electrons. The monoisotopic (exact) mass is 239 g/mol. The quantitative estimate of drug-likeness (QED) is 0.770. The zero-order valence-corrected chi connectivity index (χ0v) is 12.6. The second-order valence-electron chi connectivity index (χ2n) is 7.38. The van der Waals surface area contributed by atoms with Crippen LogP contribution in [0.15, 0.2) is 0 Å². The summed E-state index contributed by atoms with van der Waals surface area (Å²) in [5, 5.41) is 0. The van der Waals surface area contributed by atoms with Crippen molar-refractivity contribution in [3.8, 4) is 0 Å². The maximum absolute atomic E-state index is 5.97. The van der Waals surface area contributed by atoms with Crippen LogP contribution in [0.4, 0.5) is 0 Å². The highest BCUT2D eigenvalue weighted by Crippen LogP contribution is 2.44. The van der Waals surface area contributed by atoms with Crippen LogP contribution in [0.5, 0.6) is 0 Å². The Kier molecular flexibility index (Phi) is 5.50. The van der Waals surface area contributed by atoms with Crippen molar-refractivity contribution in [3.63, 3.8) is 0 Å². The van der Waals surface area contributed by atoms with E-state index >= 15 is 0 Å². The minimum Gasteiger partial charge on any atom is -0.330 e. The summed E-state index contributed by atoms with van der Waals surface area (Å²) in [6.45, 7) is 12.8. The first kappa shape index (κ1) is 15.0. The van der Waals surface area contributed by atoms with Crippen LogP contribution in [-0.4, -0.2) is 6.54 Å². The summed E-state index contributed by atoms with van der Waals surface area (Å²) >= 11 is 0. The molecule has 0 aromatic carbocycles. The van der Waals surface area contributed by atoms with Crippen molar-refractivity contribution in [2.24, 2.45) is 34.8 Å². The summed E-state index contributed by atoms with van der Waals surface area (Å²) in [4.78, 5) is 0. The van der Waals surface area contributed by atoms with Gasteiger partial charge in [-0.3, -0.25) is 0 Å². The van der Waals surface area contributed by atoms with Crippen LogP contribution in [0.3, 0.4) is 0 Å². The van der Waals surface area contributed by atoms with Gasteiger partial charge in [-0.2, -0.15) is 0 Å². The first-order valence-electron chi connectivity index (χ1n) is 7.58. The predicted octanol–water partition coefficient (Wildman–Crippen LogP) is 4.46. The summed E-state index contributed by atoms with van der Waals surface area (Å²) < 4.78 is 0. The van der Waals surface area contributed by atoms with E-state index in [2.05, 4.69) is 34.6 Å². The maximum Gasteiger partial charge on any atom is -0.00462 e. The molecule has 0 saturated heterocycles. The molecule has 0 amide bonds. The fourth-order valence-corrected chi connectivity index (χ4v) is 3.40. The molecule has 0 bridgehead atoms. The molecule has 4 unspecified atom stereocenters. The topological polar surface area (TPSA) is 26.0 Å². The highest BCUT2D eigenvalue weighted by atomic mass is 14.6. The summed E-state index contributed by atoms with van der Waals surface area (Å²) in [6, 6.07) is 0. The third-order valence-corrected chi connectivity index (χ3v) is 5.07. The van der Waals surface area contributed by atoms with Crippen LogP contribution in [0.25, 0.3) is 0 Å². The molecule has 0 heterocycles. The smallest absolute Gasteiger partial charge is 0.00462 e. The fraction of sp³-hybridized carbons (Fsp3) is 1.00. The van der Waals surface area contributed by atoms with Gasteiger partial charge in [0.05, 0.1) is 0 Å². The number of nitrogens with two attached hydrogens (primary N) is 1. The van der Waals surface area contributed by atoms with E-state index in [1.807, 2.05) is 0 Å². The van der Waals surface area contributed by atoms with Crippen molar-refractivity contribution in [2.45, 2.75) is 66.7 Å². The van der Waals surface area contributed by atoms with Gasteiger partial charge in [0.2, 0.25) is 0 Å². The molecule has 1 heteroatoms. The Balaban J connectivity index is 2.62. The van der Waals surface area contributed by atoms with Crippen molar-refractivity contribution < 1.29 is 0 Å². The molecule has 0 aliphatic heterocycles. The molecule has 1 aliphatic carbocycles. The fourth-order valence-electron chi connectivity index (χ4n) is 3.40. The molecular formula is C16H33N. The molecule has 0 aromatic rings. The van der Waals surface area contributed by atoms with Crippen molar-refractivity contribution in [1.29, 1.82) is 0 Å². The lowest BCUT2D eigenvalue weighted by atomic mass is 9.64. The van der Waals surface area contributed by atoms with Gasteiger partial charge in [0, 0.05) is 0 Å². The van der Waals surface area contributed by atoms with Gasteiger partial charge in [-0.25, -0.2) is 0 Å². The van der Waals surface area contributed by atoms with Crippen LogP contribution in [0, 0.1) is 29.1 Å². The lowest BCUT2D eigenvalue weighted by molar-refractivity contribution is 0.0877. The average molecular weight is 239 g/mol. The first-order valence-corrected chi connectivity index (χ1v) is 7.58. The molecule has 4 atom stereocenters. The van der Waals surface area contributed by atoms with E-state index in [-0.39, 0.29) is 0 Å². The molecule has 0 aromatic heterocycles. The lowest BCUT2D eigenvalue weighted by Crippen LogP contribution is -2.35. The van der Waals surface area contributed by atoms with Crippen LogP contribution in [-0.2, 0) is 0 Å². The minimum atomic E-state index is 0.479. The van der Waals surface area contributed by atoms with Crippen LogP contribution in [0.1, 0.15) is 66.7 Å². The van der Waals surface area contributed by atoms with E-state index in [1.165, 1.54) is 32.1 Å². The summed E-state index contributed by atoms with van der Waals surface area (Å²) in [5.41, 5.74) is 6.44. The third-order valence-electron chi connectivity index (χ3n) is 5.07. The van der Waals surface area contributed by atoms with Gasteiger partial charge in [0.1, 0.15) is 0 Å². The van der Waals surface area contributed by atoms with Crippen molar-refractivity contribution in [3.05, 3.63) is 0 Å². The Morgan fingerprint density at radius 2 is 1.82 bits per heavy atom. The maximum atomic E-state index is 5.97. The number of hydrogen-bond donors (Lipinski definition) is 1. The lowest BCUT2D eigenvalue weighted by Gasteiger charge is -2.42. The average Bonchev–Trinajstić information content (AvgIpc) is 2.27. The van der Waals surface area contributed by atoms with Gasteiger partial charge in [0.15, 0.2) is 0 Å². The highest BCUT2D eigenvalue weighted by molar-refractivity contribution is 4.86. The second kappa shape index (κ2) is 6.22. The van der Waals surface area contributed by atoms with E-state index in [4.69, 9.17) is 5.73 Å². The van der Waals surface area contributed by atoms with E-state index < -0.39 is 0 Å². The molecule has 1 aliphatic rings. The minimum absolute atomic E-state index is 0.479. The molecule has 2 N–H and O–H groups in total. The van der Waals surface area contributed by atoms with Gasteiger partial charge >= 0.3 is 0 Å². The van der Waals surface area contributed by atoms with Gasteiger partial charge in [-0.1, -0.05) is 41.0 Å². The summed E-state index contributed by atoms with van der Waals surface area (Å²) in [6.07, 6.45) is 6.87. The Hall–Kier alpha value is -0.0400. The van der Waals surface area contributed by atoms with Crippen molar-refractivity contribution >= 4 is 0 Å². The first-order chi connectivity index (χ1) is 7.88. The van der Waals surface area contributed by atoms with Gasteiger partial charge in [-0.15, -0.1) is 0 Å². The van der Waals surface area contributed by atoms with Crippen molar-refractivity contribution in [1.82, 2.24) is 0 Å². The molecule has 102 valence electrons. The SMILES string of the molecule is CCC(C)CC1CC(C(C)(C)C)CCC1CN. The Labute approximate surface area is 109 Å². The van der Waals surface area contributed by atoms with Crippen LogP contribution in [0.2, 0.25) is 0 Å². The van der Waals surface area contributed by atoms with E-state index in [0.29, 0.717) is 5.41 Å². The van der Waals surface area contributed by atoms with Crippen LogP contribution < -0.4 is 5.73 Å². The normalized spacial score (nSPS) is 32.5. The zero-order chi connectivity index (χ0) is 13.1. The molecule has 17 heavy (non-hydrogen) atoms. The molecule has 1 saturated carbocycles. The highest BCUT2D eigenvalue weighted by Gasteiger charge is 2.35. The standard InChI is InChI=1S/C16H33N/c1-6-12(2)9-14-10-15(16(3,4)5)8-7-13(14)11-17/h12-15H,6-11,17H2,1-5H3. The van der Waals surface area contributed by atoms with E-state index in [9.17, 15) is 0 Å².